The highest BCUT2D eigenvalue weighted by Gasteiger charge is 2.16. The molecule has 1 aromatic heterocycles. The second kappa shape index (κ2) is 5.45. The monoisotopic (exact) mass is 277 g/mol. The normalized spacial score (nSPS) is 9.95. The second-order valence-electron chi connectivity index (χ2n) is 3.53. The zero-order valence-electron chi connectivity index (χ0n) is 9.50. The minimum Gasteiger partial charge on any atom is -0.478 e. The molecule has 0 atom stereocenters. The minimum absolute atomic E-state index is 0.0461. The number of aromatic nitrogens is 2. The van der Waals surface area contributed by atoms with Crippen LogP contribution in [-0.4, -0.2) is 27.0 Å². The quantitative estimate of drug-likeness (QED) is 0.838. The van der Waals surface area contributed by atoms with Gasteiger partial charge in [-0.05, 0) is 12.1 Å². The molecule has 1 aromatic carbocycles. The van der Waals surface area contributed by atoms with Gasteiger partial charge in [0.05, 0.1) is 11.1 Å². The highest BCUT2D eigenvalue weighted by atomic mass is 35.5. The Balaban J connectivity index is 2.28. The standard InChI is InChI=1S/C12H8ClN3O3/c13-9-5-10(15-6-14-9)16-11(17)7-3-1-2-4-8(7)12(18)19/h1-6H,(H,18,19)(H,14,15,16,17). The zero-order chi connectivity index (χ0) is 13.8. The lowest BCUT2D eigenvalue weighted by atomic mass is 10.1. The van der Waals surface area contributed by atoms with Gasteiger partial charge in [-0.25, -0.2) is 14.8 Å². The lowest BCUT2D eigenvalue weighted by Crippen LogP contribution is -2.17. The summed E-state index contributed by atoms with van der Waals surface area (Å²) >= 11 is 5.66. The van der Waals surface area contributed by atoms with E-state index in [1.807, 2.05) is 0 Å². The third kappa shape index (κ3) is 3.05. The van der Waals surface area contributed by atoms with Crippen molar-refractivity contribution in [3.63, 3.8) is 0 Å². The lowest BCUT2D eigenvalue weighted by molar-refractivity contribution is 0.0692. The van der Waals surface area contributed by atoms with E-state index in [1.165, 1.54) is 24.5 Å². The number of halogens is 1. The Morgan fingerprint density at radius 3 is 2.47 bits per heavy atom. The summed E-state index contributed by atoms with van der Waals surface area (Å²) in [6.45, 7) is 0. The zero-order valence-corrected chi connectivity index (χ0v) is 10.3. The molecule has 0 aliphatic carbocycles. The Bertz CT molecular complexity index is 646. The van der Waals surface area contributed by atoms with Gasteiger partial charge in [-0.2, -0.15) is 0 Å². The molecule has 1 heterocycles. The molecule has 0 bridgehead atoms. The average molecular weight is 278 g/mol. The van der Waals surface area contributed by atoms with Gasteiger partial charge in [0.15, 0.2) is 0 Å². The van der Waals surface area contributed by atoms with Gasteiger partial charge in [0, 0.05) is 6.07 Å². The molecule has 6 nitrogen and oxygen atoms in total. The van der Waals surface area contributed by atoms with E-state index in [9.17, 15) is 9.59 Å². The largest absolute Gasteiger partial charge is 0.478 e. The van der Waals surface area contributed by atoms with Crippen LogP contribution in [0.15, 0.2) is 36.7 Å². The molecule has 2 aromatic rings. The summed E-state index contributed by atoms with van der Waals surface area (Å²) < 4.78 is 0. The van der Waals surface area contributed by atoms with Gasteiger partial charge in [0.2, 0.25) is 0 Å². The number of nitrogens with zero attached hydrogens (tertiary/aromatic N) is 2. The summed E-state index contributed by atoms with van der Waals surface area (Å²) in [5.41, 5.74) is -0.0371. The summed E-state index contributed by atoms with van der Waals surface area (Å²) in [5.74, 6) is -1.55. The van der Waals surface area contributed by atoms with Gasteiger partial charge in [-0.1, -0.05) is 23.7 Å². The molecule has 1 amide bonds. The summed E-state index contributed by atoms with van der Waals surface area (Å²) in [5, 5.41) is 11.6. The van der Waals surface area contributed by atoms with Gasteiger partial charge in [-0.3, -0.25) is 4.79 Å². The first-order chi connectivity index (χ1) is 9.08. The molecule has 7 heteroatoms. The molecule has 19 heavy (non-hydrogen) atoms. The SMILES string of the molecule is O=C(O)c1ccccc1C(=O)Nc1cc(Cl)ncn1. The van der Waals surface area contributed by atoms with Crippen LogP contribution >= 0.6 is 11.6 Å². The fourth-order valence-electron chi connectivity index (χ4n) is 1.45. The van der Waals surface area contributed by atoms with Crippen molar-refractivity contribution in [2.45, 2.75) is 0 Å². The van der Waals surface area contributed by atoms with E-state index in [2.05, 4.69) is 15.3 Å². The van der Waals surface area contributed by atoms with Crippen molar-refractivity contribution in [1.29, 1.82) is 0 Å². The first-order valence-corrected chi connectivity index (χ1v) is 5.57. The van der Waals surface area contributed by atoms with Crippen LogP contribution in [0.1, 0.15) is 20.7 Å². The number of carboxylic acid groups (broad SMARTS) is 1. The Kier molecular flexibility index (Phi) is 3.72. The molecular formula is C12H8ClN3O3. The summed E-state index contributed by atoms with van der Waals surface area (Å²) in [4.78, 5) is 30.5. The van der Waals surface area contributed by atoms with E-state index in [4.69, 9.17) is 16.7 Å². The molecule has 0 aliphatic rings. The van der Waals surface area contributed by atoms with Gasteiger partial charge >= 0.3 is 5.97 Å². The molecule has 0 saturated heterocycles. The fraction of sp³-hybridized carbons (Fsp3) is 0. The van der Waals surface area contributed by atoms with Crippen molar-refractivity contribution >= 4 is 29.3 Å². The van der Waals surface area contributed by atoms with Crippen LogP contribution in [0.2, 0.25) is 5.15 Å². The van der Waals surface area contributed by atoms with Crippen LogP contribution in [-0.2, 0) is 0 Å². The van der Waals surface area contributed by atoms with E-state index in [1.54, 1.807) is 12.1 Å². The van der Waals surface area contributed by atoms with Crippen LogP contribution in [0.3, 0.4) is 0 Å². The molecule has 0 spiro atoms. The van der Waals surface area contributed by atoms with Crippen molar-refractivity contribution in [3.8, 4) is 0 Å². The topological polar surface area (TPSA) is 92.2 Å². The highest BCUT2D eigenvalue weighted by molar-refractivity contribution is 6.29. The number of aromatic carboxylic acids is 1. The number of nitrogens with one attached hydrogen (secondary N) is 1. The van der Waals surface area contributed by atoms with Crippen molar-refractivity contribution in [2.75, 3.05) is 5.32 Å². The number of carbonyl (C=O) groups is 2. The maximum absolute atomic E-state index is 12.0. The number of anilines is 1. The van der Waals surface area contributed by atoms with E-state index in [0.29, 0.717) is 0 Å². The molecule has 0 saturated carbocycles. The highest BCUT2D eigenvalue weighted by Crippen LogP contribution is 2.13. The Morgan fingerprint density at radius 1 is 1.16 bits per heavy atom. The predicted molar refractivity (Wildman–Crippen MR) is 68.4 cm³/mol. The molecule has 0 radical (unpaired) electrons. The number of amides is 1. The molecule has 2 N–H and O–H groups in total. The third-order valence-corrected chi connectivity index (χ3v) is 2.48. The number of hydrogen-bond acceptors (Lipinski definition) is 4. The molecular weight excluding hydrogens is 270 g/mol. The smallest absolute Gasteiger partial charge is 0.336 e. The van der Waals surface area contributed by atoms with Crippen LogP contribution < -0.4 is 5.32 Å². The molecule has 0 unspecified atom stereocenters. The number of carbonyl (C=O) groups excluding carboxylic acids is 1. The van der Waals surface area contributed by atoms with Crippen molar-refractivity contribution in [3.05, 3.63) is 52.9 Å². The van der Waals surface area contributed by atoms with Crippen LogP contribution in [0.5, 0.6) is 0 Å². The van der Waals surface area contributed by atoms with E-state index in [0.717, 1.165) is 0 Å². The van der Waals surface area contributed by atoms with Gasteiger partial charge < -0.3 is 10.4 Å². The Hall–Kier alpha value is -2.47. The molecule has 0 fully saturated rings. The van der Waals surface area contributed by atoms with Gasteiger partial charge in [-0.15, -0.1) is 0 Å². The summed E-state index contributed by atoms with van der Waals surface area (Å²) in [7, 11) is 0. The second-order valence-corrected chi connectivity index (χ2v) is 3.92. The van der Waals surface area contributed by atoms with Crippen LogP contribution in [0.4, 0.5) is 5.82 Å². The van der Waals surface area contributed by atoms with E-state index in [-0.39, 0.29) is 22.1 Å². The van der Waals surface area contributed by atoms with Crippen molar-refractivity contribution < 1.29 is 14.7 Å². The number of hydrogen-bond donors (Lipinski definition) is 2. The lowest BCUT2D eigenvalue weighted by Gasteiger charge is -2.06. The minimum atomic E-state index is -1.17. The summed E-state index contributed by atoms with van der Waals surface area (Å²) in [6.07, 6.45) is 1.20. The maximum Gasteiger partial charge on any atom is 0.336 e. The van der Waals surface area contributed by atoms with Gasteiger partial charge in [0.25, 0.3) is 5.91 Å². The predicted octanol–water partition coefficient (Wildman–Crippen LogP) is 2.08. The Labute approximate surface area is 113 Å². The van der Waals surface area contributed by atoms with Crippen molar-refractivity contribution in [2.24, 2.45) is 0 Å². The number of rotatable bonds is 3. The van der Waals surface area contributed by atoms with Gasteiger partial charge in [0.1, 0.15) is 17.3 Å². The van der Waals surface area contributed by atoms with E-state index < -0.39 is 11.9 Å². The summed E-state index contributed by atoms with van der Waals surface area (Å²) in [6, 6.07) is 7.25. The van der Waals surface area contributed by atoms with Crippen molar-refractivity contribution in [1.82, 2.24) is 9.97 Å². The first-order valence-electron chi connectivity index (χ1n) is 5.19. The van der Waals surface area contributed by atoms with Crippen LogP contribution in [0.25, 0.3) is 0 Å². The number of benzene rings is 1. The molecule has 2 rings (SSSR count). The average Bonchev–Trinajstić information content (AvgIpc) is 2.38. The van der Waals surface area contributed by atoms with E-state index >= 15 is 0 Å². The third-order valence-electron chi connectivity index (χ3n) is 2.28. The Morgan fingerprint density at radius 2 is 1.84 bits per heavy atom. The molecule has 0 aliphatic heterocycles. The fourth-order valence-corrected chi connectivity index (χ4v) is 1.60. The maximum atomic E-state index is 12.0. The van der Waals surface area contributed by atoms with Crippen LogP contribution in [0, 0.1) is 0 Å². The first kappa shape index (κ1) is 13.0. The number of carboxylic acids is 1. The molecule has 96 valence electrons.